The molecule has 2 heterocycles. The molecule has 0 unspecified atom stereocenters. The summed E-state index contributed by atoms with van der Waals surface area (Å²) in [7, 11) is 0. The van der Waals surface area contributed by atoms with Crippen LogP contribution in [-0.2, 0) is 4.79 Å². The Balaban J connectivity index is 1.88. The minimum Gasteiger partial charge on any atom is -0.310 e. The maximum Gasteiger partial charge on any atom is 0.226 e. The number of carbonyl (C=O) groups excluding carboxylic acids is 1. The second-order valence-corrected chi connectivity index (χ2v) is 5.75. The van der Waals surface area contributed by atoms with E-state index in [9.17, 15) is 18.0 Å². The first-order valence-corrected chi connectivity index (χ1v) is 7.62. The van der Waals surface area contributed by atoms with E-state index in [4.69, 9.17) is 0 Å². The fourth-order valence-electron chi connectivity index (χ4n) is 3.08. The molecule has 1 N–H and O–H groups in total. The molecule has 3 aromatic rings. The standard InChI is InChI=1S/C18H12F3N3O/c19-12-5-1-2-7-14(12)24-9-22-17-11(8-15(25)23-18(17)24)10-4-3-6-13(20)16(10)21/h1-7,9,11H,8H2,(H,23,25)/t11-/m1/s1. The molecule has 1 atom stereocenters. The molecule has 0 spiro atoms. The summed E-state index contributed by atoms with van der Waals surface area (Å²) in [6, 6.07) is 9.85. The van der Waals surface area contributed by atoms with E-state index < -0.39 is 23.4 Å². The van der Waals surface area contributed by atoms with Crippen LogP contribution in [0.15, 0.2) is 48.8 Å². The van der Waals surface area contributed by atoms with Gasteiger partial charge in [0.15, 0.2) is 11.6 Å². The molecule has 0 fully saturated rings. The molecule has 4 nitrogen and oxygen atoms in total. The molecule has 0 radical (unpaired) electrons. The van der Waals surface area contributed by atoms with Gasteiger partial charge in [-0.1, -0.05) is 24.3 Å². The van der Waals surface area contributed by atoms with Crippen molar-refractivity contribution >= 4 is 11.7 Å². The molecule has 0 bridgehead atoms. The number of aromatic nitrogens is 2. The van der Waals surface area contributed by atoms with Gasteiger partial charge in [0.2, 0.25) is 5.91 Å². The predicted octanol–water partition coefficient (Wildman–Crippen LogP) is 3.76. The Hall–Kier alpha value is -3.09. The third kappa shape index (κ3) is 2.48. The number of carbonyl (C=O) groups is 1. The molecule has 2 aromatic carbocycles. The first kappa shape index (κ1) is 15.4. The first-order chi connectivity index (χ1) is 12.1. The number of imidazole rings is 1. The van der Waals surface area contributed by atoms with E-state index in [2.05, 4.69) is 10.3 Å². The number of amides is 1. The number of benzene rings is 2. The molecule has 0 aliphatic carbocycles. The van der Waals surface area contributed by atoms with E-state index in [1.807, 2.05) is 0 Å². The summed E-state index contributed by atoms with van der Waals surface area (Å²) in [5, 5.41) is 2.65. The van der Waals surface area contributed by atoms with Crippen LogP contribution < -0.4 is 5.32 Å². The maximum atomic E-state index is 14.2. The summed E-state index contributed by atoms with van der Waals surface area (Å²) < 4.78 is 43.3. The van der Waals surface area contributed by atoms with Gasteiger partial charge in [-0.25, -0.2) is 18.2 Å². The van der Waals surface area contributed by atoms with Crippen LogP contribution in [0.1, 0.15) is 23.6 Å². The zero-order chi connectivity index (χ0) is 17.6. The summed E-state index contributed by atoms with van der Waals surface area (Å²) in [5.41, 5.74) is 0.624. The average Bonchev–Trinajstić information content (AvgIpc) is 3.01. The normalized spacial score (nSPS) is 16.4. The molecule has 25 heavy (non-hydrogen) atoms. The fourth-order valence-corrected chi connectivity index (χ4v) is 3.08. The summed E-state index contributed by atoms with van der Waals surface area (Å²) in [5.74, 6) is -3.34. The van der Waals surface area contributed by atoms with E-state index in [0.717, 1.165) is 6.07 Å². The number of para-hydroxylation sites is 1. The van der Waals surface area contributed by atoms with Crippen molar-refractivity contribution in [2.24, 2.45) is 0 Å². The van der Waals surface area contributed by atoms with Gasteiger partial charge in [0, 0.05) is 17.9 Å². The number of rotatable bonds is 2. The largest absolute Gasteiger partial charge is 0.310 e. The fraction of sp³-hybridized carbons (Fsp3) is 0.111. The lowest BCUT2D eigenvalue weighted by molar-refractivity contribution is -0.116. The minimum atomic E-state index is -1.01. The second-order valence-electron chi connectivity index (χ2n) is 5.75. The van der Waals surface area contributed by atoms with Crippen LogP contribution >= 0.6 is 0 Å². The van der Waals surface area contributed by atoms with Crippen molar-refractivity contribution in [2.45, 2.75) is 12.3 Å². The van der Waals surface area contributed by atoms with Crippen LogP contribution in [0.25, 0.3) is 5.69 Å². The Kier molecular flexibility index (Phi) is 3.56. The quantitative estimate of drug-likeness (QED) is 0.770. The van der Waals surface area contributed by atoms with Crippen molar-refractivity contribution in [2.75, 3.05) is 5.32 Å². The van der Waals surface area contributed by atoms with Crippen molar-refractivity contribution in [1.82, 2.24) is 9.55 Å². The monoisotopic (exact) mass is 343 g/mol. The lowest BCUT2D eigenvalue weighted by Gasteiger charge is -2.23. The van der Waals surface area contributed by atoms with Crippen molar-refractivity contribution in [1.29, 1.82) is 0 Å². The minimum absolute atomic E-state index is 0.0508. The van der Waals surface area contributed by atoms with Gasteiger partial charge in [0.05, 0.1) is 11.4 Å². The number of anilines is 1. The van der Waals surface area contributed by atoms with Gasteiger partial charge in [0.1, 0.15) is 18.0 Å². The number of fused-ring (bicyclic) bond motifs is 1. The highest BCUT2D eigenvalue weighted by Gasteiger charge is 2.33. The number of halogens is 3. The van der Waals surface area contributed by atoms with Crippen LogP contribution in [0.2, 0.25) is 0 Å². The number of nitrogens with zero attached hydrogens (tertiary/aromatic N) is 2. The molecular weight excluding hydrogens is 331 g/mol. The highest BCUT2D eigenvalue weighted by Crippen LogP contribution is 2.38. The second kappa shape index (κ2) is 5.77. The van der Waals surface area contributed by atoms with Crippen LogP contribution in [0, 0.1) is 17.5 Å². The summed E-state index contributed by atoms with van der Waals surface area (Å²) in [6.45, 7) is 0. The van der Waals surface area contributed by atoms with Crippen molar-refractivity contribution < 1.29 is 18.0 Å². The van der Waals surface area contributed by atoms with Crippen LogP contribution in [-0.4, -0.2) is 15.5 Å². The Morgan fingerprint density at radius 2 is 1.80 bits per heavy atom. The molecular formula is C18H12F3N3O. The van der Waals surface area contributed by atoms with Crippen molar-refractivity contribution in [3.63, 3.8) is 0 Å². The maximum absolute atomic E-state index is 14.2. The molecule has 1 aromatic heterocycles. The van der Waals surface area contributed by atoms with Gasteiger partial charge in [-0.05, 0) is 18.2 Å². The summed E-state index contributed by atoms with van der Waals surface area (Å²) in [4.78, 5) is 16.3. The smallest absolute Gasteiger partial charge is 0.226 e. The van der Waals surface area contributed by atoms with E-state index in [-0.39, 0.29) is 29.4 Å². The molecule has 1 aliphatic rings. The highest BCUT2D eigenvalue weighted by molar-refractivity contribution is 5.94. The van der Waals surface area contributed by atoms with Gasteiger partial charge < -0.3 is 5.32 Å². The topological polar surface area (TPSA) is 46.9 Å². The summed E-state index contributed by atoms with van der Waals surface area (Å²) >= 11 is 0. The molecule has 0 saturated carbocycles. The number of hydrogen-bond acceptors (Lipinski definition) is 2. The predicted molar refractivity (Wildman–Crippen MR) is 85.0 cm³/mol. The van der Waals surface area contributed by atoms with Crippen LogP contribution in [0.3, 0.4) is 0 Å². The lowest BCUT2D eigenvalue weighted by atomic mass is 9.89. The van der Waals surface area contributed by atoms with Gasteiger partial charge >= 0.3 is 0 Å². The van der Waals surface area contributed by atoms with Crippen molar-refractivity contribution in [3.8, 4) is 5.69 Å². The van der Waals surface area contributed by atoms with Crippen molar-refractivity contribution in [3.05, 3.63) is 77.5 Å². The zero-order valence-electron chi connectivity index (χ0n) is 12.8. The van der Waals surface area contributed by atoms with Gasteiger partial charge in [0.25, 0.3) is 0 Å². The number of nitrogens with one attached hydrogen (secondary N) is 1. The SMILES string of the molecule is O=C1C[C@H](c2cccc(F)c2F)c2ncn(-c3ccccc3F)c2N1. The molecule has 4 rings (SSSR count). The molecule has 1 amide bonds. The van der Waals surface area contributed by atoms with E-state index in [0.29, 0.717) is 5.69 Å². The Morgan fingerprint density at radius 1 is 1.04 bits per heavy atom. The summed E-state index contributed by atoms with van der Waals surface area (Å²) in [6.07, 6.45) is 1.29. The number of hydrogen-bond donors (Lipinski definition) is 1. The van der Waals surface area contributed by atoms with E-state index in [1.165, 1.54) is 35.2 Å². The highest BCUT2D eigenvalue weighted by atomic mass is 19.2. The molecule has 126 valence electrons. The van der Waals surface area contributed by atoms with Crippen LogP contribution in [0.4, 0.5) is 19.0 Å². The van der Waals surface area contributed by atoms with E-state index in [1.54, 1.807) is 12.1 Å². The van der Waals surface area contributed by atoms with E-state index >= 15 is 0 Å². The Morgan fingerprint density at radius 3 is 2.60 bits per heavy atom. The third-order valence-electron chi connectivity index (χ3n) is 4.24. The van der Waals surface area contributed by atoms with Gasteiger partial charge in [-0.3, -0.25) is 9.36 Å². The Bertz CT molecular complexity index is 983. The molecule has 7 heteroatoms. The van der Waals surface area contributed by atoms with Crippen LogP contribution in [0.5, 0.6) is 0 Å². The van der Waals surface area contributed by atoms with Gasteiger partial charge in [-0.2, -0.15) is 0 Å². The average molecular weight is 343 g/mol. The third-order valence-corrected chi connectivity index (χ3v) is 4.24. The Labute approximate surface area is 140 Å². The lowest BCUT2D eigenvalue weighted by Crippen LogP contribution is -2.25. The molecule has 0 saturated heterocycles. The van der Waals surface area contributed by atoms with Gasteiger partial charge in [-0.15, -0.1) is 0 Å². The molecule has 1 aliphatic heterocycles. The first-order valence-electron chi connectivity index (χ1n) is 7.62. The zero-order valence-corrected chi connectivity index (χ0v) is 12.8.